The van der Waals surface area contributed by atoms with Gasteiger partial charge in [0.15, 0.2) is 15.7 Å². The van der Waals surface area contributed by atoms with Crippen LogP contribution >= 0.6 is 34.7 Å². The van der Waals surface area contributed by atoms with Gasteiger partial charge in [-0.2, -0.15) is 9.36 Å². The van der Waals surface area contributed by atoms with Crippen molar-refractivity contribution in [2.75, 3.05) is 11.6 Å². The van der Waals surface area contributed by atoms with Crippen molar-refractivity contribution in [2.45, 2.75) is 18.7 Å². The number of hydrogen-bond donors (Lipinski definition) is 1. The lowest BCUT2D eigenvalue weighted by Crippen LogP contribution is -2.16. The van der Waals surface area contributed by atoms with Crippen molar-refractivity contribution in [1.82, 2.24) is 9.36 Å². The first-order chi connectivity index (χ1) is 12.5. The van der Waals surface area contributed by atoms with Gasteiger partial charge >= 0.3 is 0 Å². The molecule has 2 unspecified atom stereocenters. The fraction of sp³-hybridized carbons (Fsp3) is 0.353. The van der Waals surface area contributed by atoms with E-state index in [0.717, 1.165) is 17.8 Å². The third-order valence-electron chi connectivity index (χ3n) is 4.70. The number of halogens is 2. The number of amides is 1. The Morgan fingerprint density at radius 1 is 1.26 bits per heavy atom. The summed E-state index contributed by atoms with van der Waals surface area (Å²) in [5, 5.41) is 3.16. The fourth-order valence-electron chi connectivity index (χ4n) is 3.05. The Balaban J connectivity index is 1.72. The second kappa shape index (κ2) is 7.16. The van der Waals surface area contributed by atoms with E-state index in [0.29, 0.717) is 16.5 Å². The Morgan fingerprint density at radius 2 is 1.89 bits per heavy atom. The van der Waals surface area contributed by atoms with E-state index in [1.807, 2.05) is 13.8 Å². The van der Waals surface area contributed by atoms with Crippen molar-refractivity contribution < 1.29 is 13.2 Å². The van der Waals surface area contributed by atoms with E-state index in [1.165, 1.54) is 12.1 Å². The molecule has 0 radical (unpaired) electrons. The monoisotopic (exact) mass is 445 g/mol. The minimum absolute atomic E-state index is 0.0292. The Hall–Kier alpha value is -1.48. The van der Waals surface area contributed by atoms with Gasteiger partial charge in [-0.25, -0.2) is 8.42 Å². The molecule has 0 aliphatic heterocycles. The zero-order chi connectivity index (χ0) is 20.0. The van der Waals surface area contributed by atoms with E-state index in [4.69, 9.17) is 23.2 Å². The number of hydrogen-bond acceptors (Lipinski definition) is 6. The van der Waals surface area contributed by atoms with Crippen LogP contribution in [-0.4, -0.2) is 29.9 Å². The topological polar surface area (TPSA) is 89.0 Å². The van der Waals surface area contributed by atoms with Gasteiger partial charge in [-0.15, -0.1) is 0 Å². The first-order valence-corrected chi connectivity index (χ1v) is 11.4. The van der Waals surface area contributed by atoms with Crippen LogP contribution in [0.15, 0.2) is 39.7 Å². The Labute approximate surface area is 171 Å². The van der Waals surface area contributed by atoms with Gasteiger partial charge in [0.2, 0.25) is 11.0 Å². The van der Waals surface area contributed by atoms with Gasteiger partial charge in [-0.05, 0) is 41.7 Å². The molecule has 1 aliphatic rings. The smallest absolute Gasteiger partial charge is 0.230 e. The van der Waals surface area contributed by atoms with Crippen LogP contribution in [0.2, 0.25) is 0 Å². The minimum atomic E-state index is -3.26. The second-order valence-corrected chi connectivity index (χ2v) is 10.8. The molecule has 0 spiro atoms. The normalized spacial score (nSPS) is 20.8. The van der Waals surface area contributed by atoms with Gasteiger partial charge < -0.3 is 5.32 Å². The molecular weight excluding hydrogens is 429 g/mol. The van der Waals surface area contributed by atoms with Crippen molar-refractivity contribution in [3.05, 3.63) is 34.8 Å². The molecule has 10 heteroatoms. The standard InChI is InChI=1S/C17H17Cl2N3O3S2/c1-17(2)11(8-12(18)19)13(17)15(23)21-16-20-14(22-26-16)9-4-6-10(7-5-9)27(3,24)25/h4-8,11,13H,1-3H3,(H,20,21,22,23). The molecule has 0 bridgehead atoms. The SMILES string of the molecule is CC1(C)C(C=C(Cl)Cl)C1C(=O)Nc1nc(-c2ccc(S(C)(=O)=O)cc2)ns1. The maximum absolute atomic E-state index is 12.5. The summed E-state index contributed by atoms with van der Waals surface area (Å²) in [6, 6.07) is 6.28. The Morgan fingerprint density at radius 3 is 2.44 bits per heavy atom. The first kappa shape index (κ1) is 20.3. The summed E-state index contributed by atoms with van der Waals surface area (Å²) in [6.07, 6.45) is 2.83. The number of anilines is 1. The number of carbonyl (C=O) groups excluding carboxylic acids is 1. The van der Waals surface area contributed by atoms with E-state index < -0.39 is 9.84 Å². The highest BCUT2D eigenvalue weighted by molar-refractivity contribution is 7.90. The number of nitrogens with zero attached hydrogens (tertiary/aromatic N) is 2. The zero-order valence-corrected chi connectivity index (χ0v) is 17.9. The maximum Gasteiger partial charge on any atom is 0.230 e. The summed E-state index contributed by atoms with van der Waals surface area (Å²) in [4.78, 5) is 17.1. The van der Waals surface area contributed by atoms with E-state index in [2.05, 4.69) is 14.7 Å². The van der Waals surface area contributed by atoms with Crippen LogP contribution in [0.4, 0.5) is 5.13 Å². The van der Waals surface area contributed by atoms with Gasteiger partial charge in [0, 0.05) is 23.4 Å². The van der Waals surface area contributed by atoms with Crippen molar-refractivity contribution in [2.24, 2.45) is 17.3 Å². The molecule has 27 heavy (non-hydrogen) atoms. The summed E-state index contributed by atoms with van der Waals surface area (Å²) in [7, 11) is -3.26. The van der Waals surface area contributed by atoms with Crippen LogP contribution in [-0.2, 0) is 14.6 Å². The Bertz CT molecular complexity index is 1010. The van der Waals surface area contributed by atoms with E-state index in [1.54, 1.807) is 18.2 Å². The third-order valence-corrected chi connectivity index (χ3v) is 6.71. The molecule has 1 amide bonds. The minimum Gasteiger partial charge on any atom is -0.300 e. The predicted molar refractivity (Wildman–Crippen MR) is 108 cm³/mol. The summed E-state index contributed by atoms with van der Waals surface area (Å²) in [5.41, 5.74) is 0.439. The lowest BCUT2D eigenvalue weighted by atomic mass is 10.1. The average molecular weight is 446 g/mol. The van der Waals surface area contributed by atoms with Crippen LogP contribution < -0.4 is 5.32 Å². The molecule has 6 nitrogen and oxygen atoms in total. The quantitative estimate of drug-likeness (QED) is 0.746. The molecule has 2 atom stereocenters. The van der Waals surface area contributed by atoms with Crippen LogP contribution in [0.1, 0.15) is 13.8 Å². The Kier molecular flexibility index (Phi) is 5.37. The molecule has 1 aromatic heterocycles. The highest BCUT2D eigenvalue weighted by Gasteiger charge is 2.60. The molecule has 1 N–H and O–H groups in total. The number of aromatic nitrogens is 2. The molecule has 1 aliphatic carbocycles. The number of benzene rings is 1. The van der Waals surface area contributed by atoms with Crippen LogP contribution in [0.3, 0.4) is 0 Å². The first-order valence-electron chi connectivity index (χ1n) is 7.98. The highest BCUT2D eigenvalue weighted by atomic mass is 35.5. The summed E-state index contributed by atoms with van der Waals surface area (Å²) in [6.45, 7) is 3.95. The maximum atomic E-state index is 12.5. The van der Waals surface area contributed by atoms with Crippen molar-refractivity contribution in [1.29, 1.82) is 0 Å². The zero-order valence-electron chi connectivity index (χ0n) is 14.7. The van der Waals surface area contributed by atoms with Crippen molar-refractivity contribution in [3.63, 3.8) is 0 Å². The highest BCUT2D eigenvalue weighted by Crippen LogP contribution is 2.60. The molecule has 144 valence electrons. The molecule has 0 saturated heterocycles. The van der Waals surface area contributed by atoms with Crippen LogP contribution in [0.5, 0.6) is 0 Å². The molecule has 1 aromatic carbocycles. The van der Waals surface area contributed by atoms with Crippen LogP contribution in [0.25, 0.3) is 11.4 Å². The molecule has 1 fully saturated rings. The lowest BCUT2D eigenvalue weighted by molar-refractivity contribution is -0.118. The van der Waals surface area contributed by atoms with Gasteiger partial charge in [0.25, 0.3) is 0 Å². The summed E-state index contributed by atoms with van der Waals surface area (Å²) >= 11 is 12.5. The van der Waals surface area contributed by atoms with Crippen molar-refractivity contribution in [3.8, 4) is 11.4 Å². The number of carbonyl (C=O) groups is 1. The van der Waals surface area contributed by atoms with Crippen LogP contribution in [0, 0.1) is 17.3 Å². The lowest BCUT2D eigenvalue weighted by Gasteiger charge is -2.02. The molecule has 2 aromatic rings. The van der Waals surface area contributed by atoms with E-state index >= 15 is 0 Å². The van der Waals surface area contributed by atoms with E-state index in [-0.39, 0.29) is 32.5 Å². The number of nitrogens with one attached hydrogen (secondary N) is 1. The molecular formula is C17H17Cl2N3O3S2. The summed E-state index contributed by atoms with van der Waals surface area (Å²) in [5.74, 6) is -0.0126. The number of allylic oxidation sites excluding steroid dienone is 1. The van der Waals surface area contributed by atoms with E-state index in [9.17, 15) is 13.2 Å². The largest absolute Gasteiger partial charge is 0.300 e. The predicted octanol–water partition coefficient (Wildman–Crippen LogP) is 4.14. The average Bonchev–Trinajstić information content (AvgIpc) is 2.91. The van der Waals surface area contributed by atoms with Gasteiger partial charge in [-0.1, -0.05) is 37.0 Å². The molecule has 3 rings (SSSR count). The third kappa shape index (κ3) is 4.34. The van der Waals surface area contributed by atoms with Gasteiger partial charge in [0.1, 0.15) is 4.49 Å². The number of rotatable bonds is 5. The summed E-state index contributed by atoms with van der Waals surface area (Å²) < 4.78 is 27.4. The fourth-order valence-corrected chi connectivity index (χ4v) is 4.55. The molecule has 1 saturated carbocycles. The van der Waals surface area contributed by atoms with Crippen molar-refractivity contribution >= 4 is 55.6 Å². The van der Waals surface area contributed by atoms with Gasteiger partial charge in [-0.3, -0.25) is 4.79 Å². The number of sulfone groups is 1. The molecule has 1 heterocycles. The van der Waals surface area contributed by atoms with Gasteiger partial charge in [0.05, 0.1) is 10.8 Å². The second-order valence-electron chi connectivity index (χ2n) is 6.99.